The zero-order valence-corrected chi connectivity index (χ0v) is 13.6. The number of alkyl halides is 1. The van der Waals surface area contributed by atoms with Crippen LogP contribution in [0.3, 0.4) is 0 Å². The van der Waals surface area contributed by atoms with Gasteiger partial charge in [-0.05, 0) is 46.5 Å². The first-order valence-corrected chi connectivity index (χ1v) is 8.30. The molecule has 0 aliphatic rings. The quantitative estimate of drug-likeness (QED) is 0.559. The molecule has 0 N–H and O–H groups in total. The van der Waals surface area contributed by atoms with Gasteiger partial charge < -0.3 is 4.74 Å². The minimum atomic E-state index is 0.340. The van der Waals surface area contributed by atoms with Gasteiger partial charge in [0.05, 0.1) is 7.11 Å². The molecule has 3 rings (SSSR count). The lowest BCUT2D eigenvalue weighted by atomic mass is 10.0. The maximum atomic E-state index is 5.19. The molecule has 1 nitrogen and oxygen atoms in total. The summed E-state index contributed by atoms with van der Waals surface area (Å²) in [6, 6.07) is 16.9. The monoisotopic (exact) mass is 346 g/mol. The smallest absolute Gasteiger partial charge is 0.118 e. The number of thiophene rings is 1. The second kappa shape index (κ2) is 5.98. The normalized spacial score (nSPS) is 12.5. The summed E-state index contributed by atoms with van der Waals surface area (Å²) in [6.45, 7) is 0. The van der Waals surface area contributed by atoms with Crippen molar-refractivity contribution >= 4 is 37.4 Å². The molecule has 3 aromatic rings. The molecule has 0 fully saturated rings. The Hall–Kier alpha value is -1.32. The van der Waals surface area contributed by atoms with E-state index in [1.165, 1.54) is 21.2 Å². The number of fused-ring (bicyclic) bond motifs is 1. The summed E-state index contributed by atoms with van der Waals surface area (Å²) in [6.07, 6.45) is 0.977. The van der Waals surface area contributed by atoms with Crippen molar-refractivity contribution in [3.05, 3.63) is 65.0 Å². The Morgan fingerprint density at radius 1 is 1.10 bits per heavy atom. The molecule has 0 bridgehead atoms. The lowest BCUT2D eigenvalue weighted by molar-refractivity contribution is 0.414. The van der Waals surface area contributed by atoms with Crippen LogP contribution in [-0.2, 0) is 6.42 Å². The van der Waals surface area contributed by atoms with Gasteiger partial charge in [-0.3, -0.25) is 0 Å². The molecule has 2 aromatic carbocycles. The molecule has 0 aliphatic heterocycles. The third-order valence-corrected chi connectivity index (χ3v) is 5.22. The fourth-order valence-electron chi connectivity index (χ4n) is 2.32. The summed E-state index contributed by atoms with van der Waals surface area (Å²) >= 11 is 5.64. The highest BCUT2D eigenvalue weighted by molar-refractivity contribution is 9.09. The second-order valence-electron chi connectivity index (χ2n) is 4.71. The Morgan fingerprint density at radius 2 is 1.85 bits per heavy atom. The summed E-state index contributed by atoms with van der Waals surface area (Å²) < 4.78 is 6.54. The van der Waals surface area contributed by atoms with Gasteiger partial charge in [0.25, 0.3) is 0 Å². The molecule has 20 heavy (non-hydrogen) atoms. The third-order valence-electron chi connectivity index (χ3n) is 3.42. The fourth-order valence-corrected chi connectivity index (χ4v) is 4.26. The molecular formula is C17H15BrOS. The summed E-state index contributed by atoms with van der Waals surface area (Å²) in [5.41, 5.74) is 2.68. The topological polar surface area (TPSA) is 9.23 Å². The first-order valence-electron chi connectivity index (χ1n) is 6.51. The van der Waals surface area contributed by atoms with Gasteiger partial charge in [-0.1, -0.05) is 46.3 Å². The van der Waals surface area contributed by atoms with Crippen LogP contribution in [0.2, 0.25) is 0 Å². The molecular weight excluding hydrogens is 332 g/mol. The lowest BCUT2D eigenvalue weighted by Gasteiger charge is -2.10. The number of ether oxygens (including phenoxy) is 1. The third kappa shape index (κ3) is 2.74. The zero-order chi connectivity index (χ0) is 13.9. The molecule has 3 heteroatoms. The minimum absolute atomic E-state index is 0.340. The van der Waals surface area contributed by atoms with Crippen LogP contribution >= 0.6 is 27.3 Å². The number of hydrogen-bond acceptors (Lipinski definition) is 2. The van der Waals surface area contributed by atoms with Crippen molar-refractivity contribution in [2.24, 2.45) is 0 Å². The number of halogens is 1. The van der Waals surface area contributed by atoms with Crippen LogP contribution in [0, 0.1) is 0 Å². The Morgan fingerprint density at radius 3 is 2.60 bits per heavy atom. The molecule has 0 saturated carbocycles. The van der Waals surface area contributed by atoms with Crippen molar-refractivity contribution < 1.29 is 4.74 Å². The SMILES string of the molecule is COc1ccc(CC(Br)c2csc3ccccc23)cc1. The Balaban J connectivity index is 1.83. The van der Waals surface area contributed by atoms with E-state index in [1.807, 2.05) is 23.5 Å². The van der Waals surface area contributed by atoms with Crippen molar-refractivity contribution in [3.8, 4) is 5.75 Å². The van der Waals surface area contributed by atoms with Crippen molar-refractivity contribution in [3.63, 3.8) is 0 Å². The Labute approximate surface area is 131 Å². The van der Waals surface area contributed by atoms with E-state index in [-0.39, 0.29) is 0 Å². The van der Waals surface area contributed by atoms with Crippen LogP contribution in [0.4, 0.5) is 0 Å². The Kier molecular flexibility index (Phi) is 4.08. The van der Waals surface area contributed by atoms with Crippen LogP contribution < -0.4 is 4.74 Å². The fraction of sp³-hybridized carbons (Fsp3) is 0.176. The van der Waals surface area contributed by atoms with Crippen LogP contribution in [0.1, 0.15) is 16.0 Å². The predicted molar refractivity (Wildman–Crippen MR) is 90.2 cm³/mol. The van der Waals surface area contributed by atoms with E-state index in [1.54, 1.807) is 7.11 Å². The molecule has 0 saturated heterocycles. The summed E-state index contributed by atoms with van der Waals surface area (Å²) in [5, 5.41) is 3.61. The van der Waals surface area contributed by atoms with E-state index in [0.29, 0.717) is 4.83 Å². The Bertz CT molecular complexity index is 702. The minimum Gasteiger partial charge on any atom is -0.497 e. The number of hydrogen-bond donors (Lipinski definition) is 0. The largest absolute Gasteiger partial charge is 0.497 e. The zero-order valence-electron chi connectivity index (χ0n) is 11.2. The van der Waals surface area contributed by atoms with Gasteiger partial charge in [0.15, 0.2) is 0 Å². The lowest BCUT2D eigenvalue weighted by Crippen LogP contribution is -1.94. The van der Waals surface area contributed by atoms with Crippen LogP contribution in [0.15, 0.2) is 53.9 Å². The van der Waals surface area contributed by atoms with Crippen molar-refractivity contribution in [1.29, 1.82) is 0 Å². The van der Waals surface area contributed by atoms with E-state index in [0.717, 1.165) is 12.2 Å². The average Bonchev–Trinajstić information content (AvgIpc) is 2.92. The molecule has 1 atom stereocenters. The van der Waals surface area contributed by atoms with Gasteiger partial charge in [0.2, 0.25) is 0 Å². The van der Waals surface area contributed by atoms with E-state index in [2.05, 4.69) is 57.7 Å². The highest BCUT2D eigenvalue weighted by Gasteiger charge is 2.13. The summed E-state index contributed by atoms with van der Waals surface area (Å²) in [7, 11) is 1.69. The van der Waals surface area contributed by atoms with Gasteiger partial charge in [-0.25, -0.2) is 0 Å². The van der Waals surface area contributed by atoms with Crippen LogP contribution in [0.5, 0.6) is 5.75 Å². The second-order valence-corrected chi connectivity index (χ2v) is 6.72. The number of methoxy groups -OCH3 is 1. The molecule has 0 radical (unpaired) electrons. The predicted octanol–water partition coefficient (Wildman–Crippen LogP) is 5.59. The molecule has 1 unspecified atom stereocenters. The summed E-state index contributed by atoms with van der Waals surface area (Å²) in [5.74, 6) is 0.904. The van der Waals surface area contributed by atoms with Crippen LogP contribution in [-0.4, -0.2) is 7.11 Å². The molecule has 0 aliphatic carbocycles. The van der Waals surface area contributed by atoms with E-state index in [4.69, 9.17) is 4.74 Å². The summed E-state index contributed by atoms with van der Waals surface area (Å²) in [4.78, 5) is 0.340. The maximum absolute atomic E-state index is 5.19. The first-order chi connectivity index (χ1) is 9.78. The van der Waals surface area contributed by atoms with E-state index < -0.39 is 0 Å². The van der Waals surface area contributed by atoms with Gasteiger partial charge in [-0.15, -0.1) is 11.3 Å². The number of benzene rings is 2. The van der Waals surface area contributed by atoms with Crippen molar-refractivity contribution in [2.45, 2.75) is 11.2 Å². The van der Waals surface area contributed by atoms with E-state index in [9.17, 15) is 0 Å². The molecule has 0 amide bonds. The standard InChI is InChI=1S/C17H15BrOS/c1-19-13-8-6-12(7-9-13)10-16(18)15-11-20-17-5-3-2-4-14(15)17/h2-9,11,16H,10H2,1H3. The average molecular weight is 347 g/mol. The van der Waals surface area contributed by atoms with Gasteiger partial charge in [0, 0.05) is 9.53 Å². The molecule has 1 aromatic heterocycles. The maximum Gasteiger partial charge on any atom is 0.118 e. The highest BCUT2D eigenvalue weighted by Crippen LogP contribution is 2.36. The molecule has 102 valence electrons. The van der Waals surface area contributed by atoms with Crippen LogP contribution in [0.25, 0.3) is 10.1 Å². The number of rotatable bonds is 4. The van der Waals surface area contributed by atoms with Gasteiger partial charge >= 0.3 is 0 Å². The van der Waals surface area contributed by atoms with Gasteiger partial charge in [0.1, 0.15) is 5.75 Å². The first kappa shape index (κ1) is 13.7. The molecule has 1 heterocycles. The molecule has 0 spiro atoms. The van der Waals surface area contributed by atoms with E-state index >= 15 is 0 Å². The van der Waals surface area contributed by atoms with Gasteiger partial charge in [-0.2, -0.15) is 0 Å². The highest BCUT2D eigenvalue weighted by atomic mass is 79.9. The van der Waals surface area contributed by atoms with Crippen molar-refractivity contribution in [1.82, 2.24) is 0 Å². The van der Waals surface area contributed by atoms with Crippen molar-refractivity contribution in [2.75, 3.05) is 7.11 Å².